The predicted molar refractivity (Wildman–Crippen MR) is 146 cm³/mol. The Balaban J connectivity index is 1.62. The van der Waals surface area contributed by atoms with E-state index < -0.39 is 11.3 Å². The summed E-state index contributed by atoms with van der Waals surface area (Å²) < 4.78 is 0. The lowest BCUT2D eigenvalue weighted by Gasteiger charge is -2.23. The van der Waals surface area contributed by atoms with Crippen molar-refractivity contribution in [3.63, 3.8) is 0 Å². The topological polar surface area (TPSA) is 112 Å². The summed E-state index contributed by atoms with van der Waals surface area (Å²) in [6.07, 6.45) is 5.14. The molecule has 2 atom stereocenters. The third-order valence-corrected chi connectivity index (χ3v) is 8.92. The number of hydrogen-bond acceptors (Lipinski definition) is 7. The zero-order valence-electron chi connectivity index (χ0n) is 20.7. The Morgan fingerprint density at radius 3 is 2.69 bits per heavy atom. The van der Waals surface area contributed by atoms with Gasteiger partial charge in [-0.1, -0.05) is 56.3 Å². The van der Waals surface area contributed by atoms with Gasteiger partial charge in [0.2, 0.25) is 5.91 Å². The maximum Gasteiger partial charge on any atom is 0.233 e. The maximum absolute atomic E-state index is 13.3. The first-order valence-electron chi connectivity index (χ1n) is 12.4. The fourth-order valence-corrected chi connectivity index (χ4v) is 6.55. The number of nitrogens with two attached hydrogens (primary N) is 1. The number of carbonyl (C=O) groups excluding carboxylic acids is 1. The van der Waals surface area contributed by atoms with Crippen molar-refractivity contribution in [2.75, 3.05) is 6.54 Å². The molecule has 0 saturated heterocycles. The number of amides is 1. The highest BCUT2D eigenvalue weighted by Gasteiger charge is 2.29. The van der Waals surface area contributed by atoms with Crippen molar-refractivity contribution >= 4 is 29.0 Å². The molecule has 3 aromatic rings. The predicted octanol–water partition coefficient (Wildman–Crippen LogP) is 5.59. The average molecular weight is 521 g/mol. The van der Waals surface area contributed by atoms with E-state index >= 15 is 0 Å². The summed E-state index contributed by atoms with van der Waals surface area (Å²) in [5, 5.41) is 25.5. The highest BCUT2D eigenvalue weighted by molar-refractivity contribution is 8.00. The Labute approximate surface area is 221 Å². The van der Waals surface area contributed by atoms with E-state index in [9.17, 15) is 15.2 Å². The number of phenolic OH excluding ortho intramolecular Hbond substituents is 1. The van der Waals surface area contributed by atoms with Gasteiger partial charge in [0, 0.05) is 28.2 Å². The number of thiophene rings is 1. The number of pyridine rings is 1. The highest BCUT2D eigenvalue weighted by Crippen LogP contribution is 2.41. The van der Waals surface area contributed by atoms with Gasteiger partial charge < -0.3 is 16.2 Å². The summed E-state index contributed by atoms with van der Waals surface area (Å²) in [5.41, 5.74) is 10.6. The quantitative estimate of drug-likeness (QED) is 0.264. The Kier molecular flexibility index (Phi) is 8.68. The number of aromatic hydroxyl groups is 1. The molecule has 4 rings (SSSR count). The van der Waals surface area contributed by atoms with Crippen molar-refractivity contribution in [3.05, 3.63) is 64.2 Å². The summed E-state index contributed by atoms with van der Waals surface area (Å²) in [6.45, 7) is 4.19. The summed E-state index contributed by atoms with van der Waals surface area (Å²) in [6, 6.07) is 12.9. The first kappa shape index (κ1) is 26.2. The number of phenols is 1. The number of hydrogen-bond donors (Lipinski definition) is 3. The number of benzene rings is 1. The van der Waals surface area contributed by atoms with Crippen molar-refractivity contribution in [3.8, 4) is 22.3 Å². The second kappa shape index (κ2) is 11.9. The molecule has 188 valence electrons. The van der Waals surface area contributed by atoms with Crippen LogP contribution in [0.5, 0.6) is 5.75 Å². The van der Waals surface area contributed by atoms with E-state index in [4.69, 9.17) is 10.7 Å². The molecule has 2 aromatic heterocycles. The molecule has 2 heterocycles. The van der Waals surface area contributed by atoms with Crippen LogP contribution in [-0.2, 0) is 17.6 Å². The van der Waals surface area contributed by atoms with Crippen molar-refractivity contribution in [2.45, 2.75) is 62.3 Å². The van der Waals surface area contributed by atoms with Crippen molar-refractivity contribution < 1.29 is 9.90 Å². The minimum absolute atomic E-state index is 0.00805. The number of nitriles is 1. The molecule has 0 aliphatic heterocycles. The van der Waals surface area contributed by atoms with Crippen LogP contribution in [0.3, 0.4) is 0 Å². The molecular formula is C28H32N4O2S2. The number of nitrogens with zero attached hydrogens (tertiary/aromatic N) is 2. The lowest BCUT2D eigenvalue weighted by molar-refractivity contribution is -0.121. The van der Waals surface area contributed by atoms with E-state index in [-0.39, 0.29) is 24.1 Å². The van der Waals surface area contributed by atoms with Crippen LogP contribution < -0.4 is 11.1 Å². The van der Waals surface area contributed by atoms with E-state index in [1.165, 1.54) is 17.3 Å². The number of carbonyl (C=O) groups is 1. The first-order valence-corrected chi connectivity index (χ1v) is 14.1. The van der Waals surface area contributed by atoms with Gasteiger partial charge in [0.1, 0.15) is 16.8 Å². The number of nitrogens with one attached hydrogen (secondary N) is 1. The van der Waals surface area contributed by atoms with E-state index in [0.29, 0.717) is 16.2 Å². The number of thioether (sulfide) groups is 1. The summed E-state index contributed by atoms with van der Waals surface area (Å²) in [5.74, 6) is -0.0316. The zero-order chi connectivity index (χ0) is 25.7. The average Bonchev–Trinajstić information content (AvgIpc) is 3.30. The number of rotatable bonds is 8. The Bertz CT molecular complexity index is 1250. The smallest absolute Gasteiger partial charge is 0.233 e. The van der Waals surface area contributed by atoms with Crippen LogP contribution in [0.2, 0.25) is 0 Å². The molecule has 4 N–H and O–H groups in total. The molecule has 1 amide bonds. The van der Waals surface area contributed by atoms with Crippen LogP contribution in [0.15, 0.2) is 46.8 Å². The molecule has 0 unspecified atom stereocenters. The fraction of sp³-hybridized carbons (Fsp3) is 0.393. The second-order valence-electron chi connectivity index (χ2n) is 9.43. The largest absolute Gasteiger partial charge is 0.508 e. The lowest BCUT2D eigenvalue weighted by atomic mass is 9.97. The molecule has 0 saturated carbocycles. The van der Waals surface area contributed by atoms with E-state index in [1.54, 1.807) is 29.5 Å². The Morgan fingerprint density at radius 1 is 1.22 bits per heavy atom. The SMILES string of the molecule is CC(C)[C@@H](Sc1nc2c(c(-c3cccs3)c1C#N)CCCCC2)C(=O)NC[C@H](N)c1ccccc1O. The molecule has 36 heavy (non-hydrogen) atoms. The van der Waals surface area contributed by atoms with Gasteiger partial charge in [0.05, 0.1) is 16.9 Å². The van der Waals surface area contributed by atoms with E-state index in [1.807, 2.05) is 31.4 Å². The first-order chi connectivity index (χ1) is 17.4. The van der Waals surface area contributed by atoms with Crippen LogP contribution in [0, 0.1) is 17.2 Å². The van der Waals surface area contributed by atoms with Crippen LogP contribution >= 0.6 is 23.1 Å². The minimum atomic E-state index is -0.529. The van der Waals surface area contributed by atoms with Crippen LogP contribution in [0.1, 0.15) is 61.5 Å². The molecule has 0 radical (unpaired) electrons. The number of aryl methyl sites for hydroxylation is 1. The molecule has 1 aliphatic rings. The number of para-hydroxylation sites is 1. The molecule has 6 nitrogen and oxygen atoms in total. The van der Waals surface area contributed by atoms with Crippen LogP contribution in [0.25, 0.3) is 10.4 Å². The van der Waals surface area contributed by atoms with Gasteiger partial charge in [-0.2, -0.15) is 5.26 Å². The van der Waals surface area contributed by atoms with Crippen LogP contribution in [0.4, 0.5) is 0 Å². The molecule has 0 bridgehead atoms. The number of aromatic nitrogens is 1. The third kappa shape index (κ3) is 5.75. The molecule has 0 fully saturated rings. The third-order valence-electron chi connectivity index (χ3n) is 6.51. The molecular weight excluding hydrogens is 488 g/mol. The zero-order valence-corrected chi connectivity index (χ0v) is 22.3. The monoisotopic (exact) mass is 520 g/mol. The Hall–Kier alpha value is -2.86. The van der Waals surface area contributed by atoms with Crippen LogP contribution in [-0.4, -0.2) is 27.8 Å². The highest BCUT2D eigenvalue weighted by atomic mass is 32.2. The van der Waals surface area contributed by atoms with Crippen molar-refractivity contribution in [2.24, 2.45) is 11.7 Å². The molecule has 8 heteroatoms. The van der Waals surface area contributed by atoms with Crippen molar-refractivity contribution in [1.29, 1.82) is 5.26 Å². The van der Waals surface area contributed by atoms with E-state index in [0.717, 1.165) is 48.2 Å². The van der Waals surface area contributed by atoms with Gasteiger partial charge in [-0.15, -0.1) is 11.3 Å². The van der Waals surface area contributed by atoms with Crippen molar-refractivity contribution in [1.82, 2.24) is 10.3 Å². The summed E-state index contributed by atoms with van der Waals surface area (Å²) in [7, 11) is 0. The Morgan fingerprint density at radius 2 is 2.00 bits per heavy atom. The summed E-state index contributed by atoms with van der Waals surface area (Å²) >= 11 is 3.00. The van der Waals surface area contributed by atoms with Gasteiger partial charge in [-0.05, 0) is 54.7 Å². The normalized spacial score (nSPS) is 15.0. The second-order valence-corrected chi connectivity index (χ2v) is 11.5. The van der Waals surface area contributed by atoms with Gasteiger partial charge in [0.25, 0.3) is 0 Å². The fourth-order valence-electron chi connectivity index (χ4n) is 4.61. The van der Waals surface area contributed by atoms with Gasteiger partial charge in [-0.25, -0.2) is 4.98 Å². The standard InChI is InChI=1S/C28H32N4O2S2/c1-17(2)26(27(34)31-16-21(30)18-9-6-7-12-23(18)33)36-28-20(15-29)25(24-13-8-14-35-24)19-10-4-3-5-11-22(19)32-28/h6-9,12-14,17,21,26,33H,3-5,10-11,16,30H2,1-2H3,(H,31,34)/t21-,26+/m0/s1. The molecule has 1 aliphatic carbocycles. The van der Waals surface area contributed by atoms with Gasteiger partial charge >= 0.3 is 0 Å². The van der Waals surface area contributed by atoms with Gasteiger partial charge in [0.15, 0.2) is 0 Å². The van der Waals surface area contributed by atoms with E-state index in [2.05, 4.69) is 17.5 Å². The minimum Gasteiger partial charge on any atom is -0.508 e. The summed E-state index contributed by atoms with van der Waals surface area (Å²) in [4.78, 5) is 19.4. The lowest BCUT2D eigenvalue weighted by Crippen LogP contribution is -2.39. The maximum atomic E-state index is 13.3. The number of fused-ring (bicyclic) bond motifs is 1. The van der Waals surface area contributed by atoms with Gasteiger partial charge in [-0.3, -0.25) is 4.79 Å². The molecule has 0 spiro atoms. The molecule has 1 aromatic carbocycles.